The number of rotatable bonds is 12. The van der Waals surface area contributed by atoms with Crippen LogP contribution in [0.5, 0.6) is 0 Å². The van der Waals surface area contributed by atoms with Gasteiger partial charge in [-0.05, 0) is 48.1 Å². The Morgan fingerprint density at radius 2 is 1.70 bits per heavy atom. The highest BCUT2D eigenvalue weighted by atomic mass is 35.5. The molecule has 3 aromatic carbocycles. The van der Waals surface area contributed by atoms with E-state index < -0.39 is 6.04 Å². The molecule has 1 fully saturated rings. The Bertz CT molecular complexity index is 1340. The fourth-order valence-electron chi connectivity index (χ4n) is 5.28. The number of benzene rings is 3. The summed E-state index contributed by atoms with van der Waals surface area (Å²) in [6, 6.07) is 27.6. The summed E-state index contributed by atoms with van der Waals surface area (Å²) in [6.07, 6.45) is 5.26. The normalized spacial score (nSPS) is 17.7. The average Bonchev–Trinajstić information content (AvgIpc) is 3.19. The van der Waals surface area contributed by atoms with Gasteiger partial charge in [-0.2, -0.15) is 0 Å². The SMILES string of the molecule is CN=C(N)NCCCC1NC(CNC(=O)/C=C/c2ccccc2Cl)CCN(CC(c2ccccc2)c2ccccc2)C1=O. The lowest BCUT2D eigenvalue weighted by molar-refractivity contribution is -0.133. The highest BCUT2D eigenvalue weighted by molar-refractivity contribution is 6.32. The second kappa shape index (κ2) is 16.5. The van der Waals surface area contributed by atoms with E-state index in [-0.39, 0.29) is 23.8 Å². The van der Waals surface area contributed by atoms with Gasteiger partial charge in [-0.25, -0.2) is 0 Å². The smallest absolute Gasteiger partial charge is 0.244 e. The van der Waals surface area contributed by atoms with Gasteiger partial charge in [0.25, 0.3) is 0 Å². The summed E-state index contributed by atoms with van der Waals surface area (Å²) in [6.45, 7) is 2.16. The molecule has 5 N–H and O–H groups in total. The molecule has 43 heavy (non-hydrogen) atoms. The first-order valence-electron chi connectivity index (χ1n) is 14.8. The molecule has 0 aliphatic carbocycles. The summed E-state index contributed by atoms with van der Waals surface area (Å²) >= 11 is 6.21. The highest BCUT2D eigenvalue weighted by Crippen LogP contribution is 2.27. The molecule has 0 bridgehead atoms. The number of amides is 2. The lowest BCUT2D eigenvalue weighted by Gasteiger charge is -2.29. The molecule has 1 heterocycles. The number of carbonyl (C=O) groups excluding carboxylic acids is 2. The van der Waals surface area contributed by atoms with Crippen LogP contribution < -0.4 is 21.7 Å². The minimum atomic E-state index is -0.392. The van der Waals surface area contributed by atoms with E-state index in [1.54, 1.807) is 19.2 Å². The van der Waals surface area contributed by atoms with Crippen molar-refractivity contribution >= 4 is 35.5 Å². The number of nitrogens with two attached hydrogens (primary N) is 1. The van der Waals surface area contributed by atoms with E-state index in [2.05, 4.69) is 45.2 Å². The van der Waals surface area contributed by atoms with Crippen LogP contribution in [0.3, 0.4) is 0 Å². The summed E-state index contributed by atoms with van der Waals surface area (Å²) in [4.78, 5) is 32.6. The Balaban J connectivity index is 1.46. The third kappa shape index (κ3) is 9.70. The summed E-state index contributed by atoms with van der Waals surface area (Å²) in [5, 5.41) is 10.2. The molecule has 0 aromatic heterocycles. The number of nitrogens with one attached hydrogen (secondary N) is 3. The minimum absolute atomic E-state index is 0.0421. The number of hydrogen-bond acceptors (Lipinski definition) is 4. The standard InChI is InChI=1S/C34H41ClN6O2/c1-37-34(36)38-21-10-17-31-33(43)41(24-29(25-11-4-2-5-12-25)26-13-6-3-7-14-26)22-20-28(40-31)23-39-32(42)19-18-27-15-8-9-16-30(27)35/h2-9,11-16,18-19,28-29,31,40H,10,17,20-24H2,1H3,(H,39,42)(H3,36,37,38)/b19-18+. The van der Waals surface area contributed by atoms with E-state index in [4.69, 9.17) is 17.3 Å². The van der Waals surface area contributed by atoms with Crippen molar-refractivity contribution in [2.75, 3.05) is 33.2 Å². The zero-order chi connectivity index (χ0) is 30.4. The fraction of sp³-hybridized carbons (Fsp3) is 0.324. The molecule has 0 radical (unpaired) electrons. The number of carbonyl (C=O) groups is 2. The summed E-state index contributed by atoms with van der Waals surface area (Å²) in [5.74, 6) is 0.278. The van der Waals surface area contributed by atoms with Crippen molar-refractivity contribution in [3.63, 3.8) is 0 Å². The van der Waals surface area contributed by atoms with Crippen LogP contribution in [0.4, 0.5) is 0 Å². The van der Waals surface area contributed by atoms with Gasteiger partial charge < -0.3 is 26.6 Å². The Morgan fingerprint density at radius 1 is 1.05 bits per heavy atom. The van der Waals surface area contributed by atoms with Gasteiger partial charge in [0.05, 0.1) is 6.04 Å². The number of hydrogen-bond donors (Lipinski definition) is 4. The van der Waals surface area contributed by atoms with E-state index >= 15 is 0 Å². The van der Waals surface area contributed by atoms with E-state index in [0.717, 1.165) is 12.0 Å². The summed E-state index contributed by atoms with van der Waals surface area (Å²) in [7, 11) is 1.63. The first kappa shape index (κ1) is 31.8. The van der Waals surface area contributed by atoms with Gasteiger partial charge in [-0.3, -0.25) is 14.6 Å². The number of aliphatic imine (C=N–C) groups is 1. The molecule has 2 amide bonds. The van der Waals surface area contributed by atoms with Gasteiger partial charge in [0.1, 0.15) is 0 Å². The highest BCUT2D eigenvalue weighted by Gasteiger charge is 2.32. The fourth-order valence-corrected chi connectivity index (χ4v) is 5.48. The Labute approximate surface area is 259 Å². The molecule has 0 spiro atoms. The molecule has 2 atom stereocenters. The monoisotopic (exact) mass is 600 g/mol. The molecular formula is C34H41ClN6O2. The average molecular weight is 601 g/mol. The third-order valence-corrected chi connectivity index (χ3v) is 8.00. The second-order valence-electron chi connectivity index (χ2n) is 10.6. The Morgan fingerprint density at radius 3 is 2.35 bits per heavy atom. The largest absolute Gasteiger partial charge is 0.370 e. The lowest BCUT2D eigenvalue weighted by Crippen LogP contribution is -2.49. The van der Waals surface area contributed by atoms with Crippen molar-refractivity contribution in [2.24, 2.45) is 10.7 Å². The molecule has 1 aliphatic rings. The van der Waals surface area contributed by atoms with Crippen molar-refractivity contribution in [3.05, 3.63) is 113 Å². The van der Waals surface area contributed by atoms with Crippen molar-refractivity contribution in [1.29, 1.82) is 0 Å². The van der Waals surface area contributed by atoms with E-state index in [1.165, 1.54) is 17.2 Å². The molecule has 8 nitrogen and oxygen atoms in total. The zero-order valence-corrected chi connectivity index (χ0v) is 25.3. The maximum atomic E-state index is 14.0. The van der Waals surface area contributed by atoms with E-state index in [1.807, 2.05) is 59.5 Å². The molecule has 1 aliphatic heterocycles. The topological polar surface area (TPSA) is 112 Å². The third-order valence-electron chi connectivity index (χ3n) is 7.66. The predicted molar refractivity (Wildman–Crippen MR) is 175 cm³/mol. The molecule has 4 rings (SSSR count). The first-order chi connectivity index (χ1) is 20.9. The minimum Gasteiger partial charge on any atom is -0.370 e. The summed E-state index contributed by atoms with van der Waals surface area (Å²) < 4.78 is 0. The van der Waals surface area contributed by atoms with Gasteiger partial charge in [0, 0.05) is 56.3 Å². The van der Waals surface area contributed by atoms with Crippen molar-refractivity contribution in [2.45, 2.75) is 37.3 Å². The van der Waals surface area contributed by atoms with Crippen molar-refractivity contribution in [3.8, 4) is 0 Å². The van der Waals surface area contributed by atoms with E-state index in [0.29, 0.717) is 50.0 Å². The lowest BCUT2D eigenvalue weighted by atomic mass is 9.90. The number of halogens is 1. The van der Waals surface area contributed by atoms with Gasteiger partial charge in [0.2, 0.25) is 11.8 Å². The van der Waals surface area contributed by atoms with Crippen LogP contribution in [-0.4, -0.2) is 68.0 Å². The number of nitrogens with zero attached hydrogens (tertiary/aromatic N) is 2. The van der Waals surface area contributed by atoms with Crippen molar-refractivity contribution in [1.82, 2.24) is 20.9 Å². The predicted octanol–water partition coefficient (Wildman–Crippen LogP) is 4.17. The van der Waals surface area contributed by atoms with Gasteiger partial charge in [-0.15, -0.1) is 0 Å². The molecule has 9 heteroatoms. The number of guanidine groups is 1. The molecular weight excluding hydrogens is 560 g/mol. The van der Waals surface area contributed by atoms with E-state index in [9.17, 15) is 9.59 Å². The van der Waals surface area contributed by atoms with Gasteiger partial charge in [-0.1, -0.05) is 90.5 Å². The van der Waals surface area contributed by atoms with Crippen LogP contribution in [0, 0.1) is 0 Å². The zero-order valence-electron chi connectivity index (χ0n) is 24.6. The molecule has 0 saturated carbocycles. The van der Waals surface area contributed by atoms with Crippen LogP contribution in [-0.2, 0) is 9.59 Å². The maximum absolute atomic E-state index is 14.0. The Kier molecular flexibility index (Phi) is 12.2. The molecule has 2 unspecified atom stereocenters. The molecule has 3 aromatic rings. The van der Waals surface area contributed by atoms with Crippen LogP contribution in [0.15, 0.2) is 96.0 Å². The first-order valence-corrected chi connectivity index (χ1v) is 15.1. The van der Waals surface area contributed by atoms with Crippen LogP contribution >= 0.6 is 11.6 Å². The molecule has 1 saturated heterocycles. The summed E-state index contributed by atoms with van der Waals surface area (Å²) in [5.41, 5.74) is 8.91. The molecule has 226 valence electrons. The van der Waals surface area contributed by atoms with Gasteiger partial charge >= 0.3 is 0 Å². The van der Waals surface area contributed by atoms with Crippen LogP contribution in [0.25, 0.3) is 6.08 Å². The quantitative estimate of drug-likeness (QED) is 0.108. The van der Waals surface area contributed by atoms with Gasteiger partial charge in [0.15, 0.2) is 5.96 Å². The maximum Gasteiger partial charge on any atom is 0.244 e. The van der Waals surface area contributed by atoms with Crippen LogP contribution in [0.2, 0.25) is 5.02 Å². The second-order valence-corrected chi connectivity index (χ2v) is 11.0. The Hall–Kier alpha value is -4.14. The van der Waals surface area contributed by atoms with Crippen LogP contribution in [0.1, 0.15) is 41.9 Å². The van der Waals surface area contributed by atoms with Crippen molar-refractivity contribution < 1.29 is 9.59 Å².